The van der Waals surface area contributed by atoms with Crippen LogP contribution in [0.2, 0.25) is 0 Å². The number of benzene rings is 1. The summed E-state index contributed by atoms with van der Waals surface area (Å²) >= 11 is 0. The van der Waals surface area contributed by atoms with E-state index in [1.807, 2.05) is 0 Å². The fraction of sp³-hybridized carbons (Fsp3) is 0. The maximum absolute atomic E-state index is 10.6. The molecule has 0 saturated carbocycles. The van der Waals surface area contributed by atoms with E-state index >= 15 is 0 Å². The molecule has 2 N–H and O–H groups in total. The van der Waals surface area contributed by atoms with Crippen LogP contribution < -0.4 is 5.46 Å². The van der Waals surface area contributed by atoms with Gasteiger partial charge in [-0.15, -0.1) is 0 Å². The molecule has 1 aromatic carbocycles. The molecular weight excluding hydrogens is 193 g/mol. The van der Waals surface area contributed by atoms with Crippen molar-refractivity contribution < 1.29 is 14.8 Å². The Morgan fingerprint density at radius 1 is 1.27 bits per heavy atom. The van der Waals surface area contributed by atoms with Gasteiger partial charge in [-0.25, -0.2) is 0 Å². The van der Waals surface area contributed by atoms with Crippen LogP contribution in [0.3, 0.4) is 0 Å². The van der Waals surface area contributed by atoms with Crippen molar-refractivity contribution >= 4 is 29.8 Å². The Kier molecular flexibility index (Phi) is 2.49. The highest BCUT2D eigenvalue weighted by Crippen LogP contribution is 2.10. The number of pyridine rings is 1. The minimum absolute atomic E-state index is 0.351. The van der Waals surface area contributed by atoms with Crippen molar-refractivity contribution in [2.75, 3.05) is 0 Å². The highest BCUT2D eigenvalue weighted by Gasteiger charge is 2.14. The van der Waals surface area contributed by atoms with Gasteiger partial charge in [0.05, 0.1) is 5.52 Å². The first-order chi connectivity index (χ1) is 7.22. The molecule has 0 aliphatic carbocycles. The summed E-state index contributed by atoms with van der Waals surface area (Å²) in [4.78, 5) is 14.6. The average molecular weight is 201 g/mol. The Labute approximate surface area is 86.3 Å². The third kappa shape index (κ3) is 1.75. The third-order valence-electron chi connectivity index (χ3n) is 2.21. The van der Waals surface area contributed by atoms with Crippen molar-refractivity contribution in [2.45, 2.75) is 0 Å². The molecule has 0 saturated heterocycles. The number of carbonyl (C=O) groups excluding carboxylic acids is 1. The number of carbonyl (C=O) groups is 1. The Hall–Kier alpha value is -1.72. The van der Waals surface area contributed by atoms with Gasteiger partial charge in [-0.3, -0.25) is 9.78 Å². The number of nitrogens with zero attached hydrogens (tertiary/aromatic N) is 1. The van der Waals surface area contributed by atoms with Gasteiger partial charge in [0.2, 0.25) is 0 Å². The quantitative estimate of drug-likeness (QED) is 0.518. The first-order valence-electron chi connectivity index (χ1n) is 4.42. The molecule has 0 amide bonds. The molecule has 0 radical (unpaired) electrons. The van der Waals surface area contributed by atoms with Crippen molar-refractivity contribution in [1.29, 1.82) is 0 Å². The van der Waals surface area contributed by atoms with Gasteiger partial charge in [-0.05, 0) is 29.7 Å². The van der Waals surface area contributed by atoms with Gasteiger partial charge in [0, 0.05) is 17.1 Å². The second kappa shape index (κ2) is 3.80. The molecule has 15 heavy (non-hydrogen) atoms. The van der Waals surface area contributed by atoms with E-state index in [2.05, 4.69) is 4.98 Å². The van der Waals surface area contributed by atoms with Crippen LogP contribution in [0.15, 0.2) is 30.5 Å². The molecule has 4 nitrogen and oxygen atoms in total. The van der Waals surface area contributed by atoms with E-state index in [0.717, 1.165) is 0 Å². The first kappa shape index (κ1) is 9.83. The van der Waals surface area contributed by atoms with Crippen LogP contribution in [0, 0.1) is 0 Å². The standard InChI is InChI=1S/C10H8BNO3/c13-6-7-1-2-10-8(5-7)9(11(14)15)3-4-12-10/h1-6,14-15H. The van der Waals surface area contributed by atoms with E-state index in [-0.39, 0.29) is 0 Å². The maximum Gasteiger partial charge on any atom is 0.489 e. The second-order valence-corrected chi connectivity index (χ2v) is 3.17. The molecule has 0 aliphatic heterocycles. The van der Waals surface area contributed by atoms with Gasteiger partial charge in [-0.1, -0.05) is 0 Å². The number of rotatable bonds is 2. The molecule has 2 aromatic rings. The number of fused-ring (bicyclic) bond motifs is 1. The summed E-state index contributed by atoms with van der Waals surface area (Å²) in [6, 6.07) is 6.41. The topological polar surface area (TPSA) is 70.4 Å². The van der Waals surface area contributed by atoms with Gasteiger partial charge in [0.1, 0.15) is 6.29 Å². The zero-order chi connectivity index (χ0) is 10.8. The Morgan fingerprint density at radius 2 is 2.07 bits per heavy atom. The van der Waals surface area contributed by atoms with Gasteiger partial charge in [0.25, 0.3) is 0 Å². The molecular formula is C10H8BNO3. The van der Waals surface area contributed by atoms with Crippen molar-refractivity contribution in [3.8, 4) is 0 Å². The number of hydrogen-bond acceptors (Lipinski definition) is 4. The summed E-state index contributed by atoms with van der Waals surface area (Å²) in [5, 5.41) is 18.8. The lowest BCUT2D eigenvalue weighted by Crippen LogP contribution is -2.30. The van der Waals surface area contributed by atoms with Crippen LogP contribution in [-0.2, 0) is 0 Å². The van der Waals surface area contributed by atoms with E-state index in [9.17, 15) is 4.79 Å². The molecule has 0 atom stereocenters. The van der Waals surface area contributed by atoms with Gasteiger partial charge in [-0.2, -0.15) is 0 Å². The van der Waals surface area contributed by atoms with Crippen molar-refractivity contribution in [2.24, 2.45) is 0 Å². The normalized spacial score (nSPS) is 10.3. The molecule has 1 aromatic heterocycles. The lowest BCUT2D eigenvalue weighted by molar-refractivity contribution is 0.112. The highest BCUT2D eigenvalue weighted by atomic mass is 16.4. The molecule has 74 valence electrons. The lowest BCUT2D eigenvalue weighted by Gasteiger charge is -2.04. The van der Waals surface area contributed by atoms with Gasteiger partial charge < -0.3 is 10.0 Å². The van der Waals surface area contributed by atoms with E-state index in [0.29, 0.717) is 28.2 Å². The van der Waals surface area contributed by atoms with Crippen LogP contribution in [0.1, 0.15) is 10.4 Å². The smallest absolute Gasteiger partial charge is 0.423 e. The van der Waals surface area contributed by atoms with Crippen LogP contribution in [0.4, 0.5) is 0 Å². The van der Waals surface area contributed by atoms with Crippen LogP contribution in [0.25, 0.3) is 10.9 Å². The first-order valence-corrected chi connectivity index (χ1v) is 4.42. The van der Waals surface area contributed by atoms with E-state index in [1.54, 1.807) is 18.2 Å². The minimum atomic E-state index is -1.56. The third-order valence-corrected chi connectivity index (χ3v) is 2.21. The Bertz CT molecular complexity index is 513. The summed E-state index contributed by atoms with van der Waals surface area (Å²) in [5.74, 6) is 0. The Balaban J connectivity index is 2.75. The molecule has 5 heteroatoms. The molecule has 0 bridgehead atoms. The maximum atomic E-state index is 10.6. The van der Waals surface area contributed by atoms with Crippen LogP contribution in [-0.4, -0.2) is 28.4 Å². The van der Waals surface area contributed by atoms with Crippen LogP contribution in [0.5, 0.6) is 0 Å². The van der Waals surface area contributed by atoms with Crippen molar-refractivity contribution in [1.82, 2.24) is 4.98 Å². The molecule has 2 rings (SSSR count). The van der Waals surface area contributed by atoms with Gasteiger partial charge >= 0.3 is 7.12 Å². The SMILES string of the molecule is O=Cc1ccc2nccc(B(O)O)c2c1. The minimum Gasteiger partial charge on any atom is -0.423 e. The van der Waals surface area contributed by atoms with Crippen molar-refractivity contribution in [3.63, 3.8) is 0 Å². The summed E-state index contributed by atoms with van der Waals surface area (Å²) in [6.07, 6.45) is 2.21. The number of hydrogen-bond donors (Lipinski definition) is 2. The van der Waals surface area contributed by atoms with E-state index < -0.39 is 7.12 Å². The fourth-order valence-electron chi connectivity index (χ4n) is 1.48. The second-order valence-electron chi connectivity index (χ2n) is 3.17. The number of aldehydes is 1. The van der Waals surface area contributed by atoms with Gasteiger partial charge in [0.15, 0.2) is 0 Å². The molecule has 0 fully saturated rings. The molecule has 0 spiro atoms. The Morgan fingerprint density at radius 3 is 2.73 bits per heavy atom. The van der Waals surface area contributed by atoms with Crippen molar-refractivity contribution in [3.05, 3.63) is 36.0 Å². The number of aromatic nitrogens is 1. The van der Waals surface area contributed by atoms with Crippen LogP contribution >= 0.6 is 0 Å². The molecule has 0 unspecified atom stereocenters. The van der Waals surface area contributed by atoms with E-state index in [4.69, 9.17) is 10.0 Å². The lowest BCUT2D eigenvalue weighted by atomic mass is 9.78. The molecule has 0 aliphatic rings. The molecule has 1 heterocycles. The monoisotopic (exact) mass is 201 g/mol. The predicted octanol–water partition coefficient (Wildman–Crippen LogP) is -0.273. The van der Waals surface area contributed by atoms with E-state index in [1.165, 1.54) is 12.3 Å². The summed E-state index contributed by atoms with van der Waals surface area (Å²) < 4.78 is 0. The zero-order valence-corrected chi connectivity index (χ0v) is 7.79. The summed E-state index contributed by atoms with van der Waals surface area (Å²) in [7, 11) is -1.56. The predicted molar refractivity (Wildman–Crippen MR) is 57.0 cm³/mol. The zero-order valence-electron chi connectivity index (χ0n) is 7.79. The average Bonchev–Trinajstić information content (AvgIpc) is 2.27. The fourth-order valence-corrected chi connectivity index (χ4v) is 1.48. The highest BCUT2D eigenvalue weighted by molar-refractivity contribution is 6.61. The summed E-state index contributed by atoms with van der Waals surface area (Å²) in [6.45, 7) is 0. The summed E-state index contributed by atoms with van der Waals surface area (Å²) in [5.41, 5.74) is 1.47. The largest absolute Gasteiger partial charge is 0.489 e.